The van der Waals surface area contributed by atoms with Gasteiger partial charge >= 0.3 is 0 Å². The maximum absolute atomic E-state index is 13.3. The number of piperidine rings is 1. The highest BCUT2D eigenvalue weighted by Crippen LogP contribution is 2.34. The molecule has 5 nitrogen and oxygen atoms in total. The Labute approximate surface area is 197 Å². The summed E-state index contributed by atoms with van der Waals surface area (Å²) in [7, 11) is 0. The normalized spacial score (nSPS) is 15.3. The van der Waals surface area contributed by atoms with E-state index in [0.717, 1.165) is 52.4 Å². The average molecular weight is 473 g/mol. The molecule has 2 heterocycles. The van der Waals surface area contributed by atoms with Gasteiger partial charge in [0.2, 0.25) is 0 Å². The lowest BCUT2D eigenvalue weighted by Crippen LogP contribution is -2.33. The molecule has 32 heavy (non-hydrogen) atoms. The van der Waals surface area contributed by atoms with Crippen LogP contribution in [0.15, 0.2) is 52.7 Å². The summed E-state index contributed by atoms with van der Waals surface area (Å²) >= 11 is 2.76. The zero-order chi connectivity index (χ0) is 22.5. The first kappa shape index (κ1) is 23.0. The molecule has 3 aromatic rings. The van der Waals surface area contributed by atoms with Gasteiger partial charge in [0.25, 0.3) is 0 Å². The second-order valence-corrected chi connectivity index (χ2v) is 9.82. The summed E-state index contributed by atoms with van der Waals surface area (Å²) in [5, 5.41) is 12.0. The number of benzene rings is 2. The van der Waals surface area contributed by atoms with Gasteiger partial charge in [0.05, 0.1) is 17.5 Å². The van der Waals surface area contributed by atoms with Gasteiger partial charge in [0.1, 0.15) is 11.9 Å². The third kappa shape index (κ3) is 6.01. The van der Waals surface area contributed by atoms with Crippen molar-refractivity contribution in [3.8, 4) is 17.0 Å². The SMILES string of the molecule is CC(C)Oc1ccc(SN)cc1Nc1nc(-c2ccc(CN3CCC(F)CC3)cc2)cs1. The number of halogens is 1. The fraction of sp³-hybridized carbons (Fsp3) is 0.375. The van der Waals surface area contributed by atoms with E-state index in [0.29, 0.717) is 12.8 Å². The summed E-state index contributed by atoms with van der Waals surface area (Å²) in [5.74, 6) is 0.774. The predicted octanol–water partition coefficient (Wildman–Crippen LogP) is 6.24. The molecule has 0 bridgehead atoms. The Morgan fingerprint density at radius 1 is 1.22 bits per heavy atom. The van der Waals surface area contributed by atoms with E-state index in [2.05, 4.69) is 34.5 Å². The smallest absolute Gasteiger partial charge is 0.187 e. The molecule has 1 aromatic heterocycles. The number of nitrogens with zero attached hydrogens (tertiary/aromatic N) is 2. The van der Waals surface area contributed by atoms with Crippen LogP contribution in [0.5, 0.6) is 5.75 Å². The number of rotatable bonds is 8. The molecule has 0 aliphatic carbocycles. The first-order chi connectivity index (χ1) is 15.5. The monoisotopic (exact) mass is 472 g/mol. The van der Waals surface area contributed by atoms with Gasteiger partial charge in [-0.2, -0.15) is 0 Å². The molecule has 0 saturated carbocycles. The predicted molar refractivity (Wildman–Crippen MR) is 132 cm³/mol. The number of likely N-dealkylation sites (tertiary alicyclic amines) is 1. The Balaban J connectivity index is 1.44. The number of hydrogen-bond donors (Lipinski definition) is 2. The fourth-order valence-corrected chi connectivity index (χ4v) is 4.78. The molecule has 3 N–H and O–H groups in total. The van der Waals surface area contributed by atoms with Crippen molar-refractivity contribution in [2.75, 3.05) is 18.4 Å². The van der Waals surface area contributed by atoms with Crippen molar-refractivity contribution in [3.05, 3.63) is 53.4 Å². The lowest BCUT2D eigenvalue weighted by Gasteiger charge is -2.28. The third-order valence-electron chi connectivity index (χ3n) is 5.37. The summed E-state index contributed by atoms with van der Waals surface area (Å²) in [5.41, 5.74) is 4.09. The summed E-state index contributed by atoms with van der Waals surface area (Å²) < 4.78 is 19.3. The molecule has 1 saturated heterocycles. The quantitative estimate of drug-likeness (QED) is 0.378. The van der Waals surface area contributed by atoms with Crippen LogP contribution >= 0.6 is 23.3 Å². The van der Waals surface area contributed by atoms with Crippen LogP contribution < -0.4 is 15.2 Å². The molecule has 4 rings (SSSR count). The number of ether oxygens (including phenoxy) is 1. The second kappa shape index (κ2) is 10.7. The minimum absolute atomic E-state index is 0.0700. The van der Waals surface area contributed by atoms with Gasteiger partial charge in [0.15, 0.2) is 5.13 Å². The zero-order valence-corrected chi connectivity index (χ0v) is 20.0. The molecule has 0 spiro atoms. The van der Waals surface area contributed by atoms with E-state index < -0.39 is 6.17 Å². The van der Waals surface area contributed by atoms with Gasteiger partial charge < -0.3 is 10.1 Å². The lowest BCUT2D eigenvalue weighted by molar-refractivity contribution is 0.145. The lowest BCUT2D eigenvalue weighted by atomic mass is 10.1. The van der Waals surface area contributed by atoms with Gasteiger partial charge in [-0.05, 0) is 62.4 Å². The molecular formula is C24H29FN4OS2. The maximum atomic E-state index is 13.3. The summed E-state index contributed by atoms with van der Waals surface area (Å²) in [4.78, 5) is 8.04. The van der Waals surface area contributed by atoms with Gasteiger partial charge in [-0.15, -0.1) is 11.3 Å². The number of nitrogens with two attached hydrogens (primary N) is 1. The molecule has 0 atom stereocenters. The Hall–Kier alpha value is -2.13. The molecule has 1 aliphatic rings. The van der Waals surface area contributed by atoms with E-state index in [4.69, 9.17) is 14.9 Å². The third-order valence-corrected chi connectivity index (χ3v) is 6.65. The van der Waals surface area contributed by atoms with Crippen LogP contribution in [0.1, 0.15) is 32.3 Å². The highest BCUT2D eigenvalue weighted by molar-refractivity contribution is 7.97. The van der Waals surface area contributed by atoms with Crippen LogP contribution in [-0.4, -0.2) is 35.2 Å². The highest BCUT2D eigenvalue weighted by Gasteiger charge is 2.18. The van der Waals surface area contributed by atoms with Gasteiger partial charge in [0, 0.05) is 35.5 Å². The van der Waals surface area contributed by atoms with Gasteiger partial charge in [-0.3, -0.25) is 10.0 Å². The fourth-order valence-electron chi connectivity index (χ4n) is 3.71. The van der Waals surface area contributed by atoms with E-state index in [-0.39, 0.29) is 6.10 Å². The topological polar surface area (TPSA) is 63.4 Å². The maximum Gasteiger partial charge on any atom is 0.187 e. The summed E-state index contributed by atoms with van der Waals surface area (Å²) in [6, 6.07) is 14.3. The Morgan fingerprint density at radius 3 is 2.66 bits per heavy atom. The van der Waals surface area contributed by atoms with Crippen molar-refractivity contribution in [2.45, 2.75) is 50.4 Å². The van der Waals surface area contributed by atoms with Crippen LogP contribution in [0.3, 0.4) is 0 Å². The molecular weight excluding hydrogens is 443 g/mol. The largest absolute Gasteiger partial charge is 0.489 e. The molecule has 1 aliphatic heterocycles. The Morgan fingerprint density at radius 2 is 1.97 bits per heavy atom. The molecule has 8 heteroatoms. The van der Waals surface area contributed by atoms with Crippen LogP contribution in [0.4, 0.5) is 15.2 Å². The van der Waals surface area contributed by atoms with E-state index in [1.807, 2.05) is 37.4 Å². The van der Waals surface area contributed by atoms with Crippen molar-refractivity contribution < 1.29 is 9.13 Å². The number of anilines is 2. The first-order valence-corrected chi connectivity index (χ1v) is 12.6. The van der Waals surface area contributed by atoms with Gasteiger partial charge in [-0.1, -0.05) is 24.3 Å². The van der Waals surface area contributed by atoms with Crippen molar-refractivity contribution in [1.82, 2.24) is 9.88 Å². The standard InChI is InChI=1S/C24H29FN4OS2/c1-16(2)30-23-8-7-20(32-26)13-21(23)27-24-28-22(15-31-24)18-5-3-17(4-6-18)14-29-11-9-19(25)10-12-29/h3-8,13,15-16,19H,9-12,14,26H2,1-2H3,(H,27,28). The number of aromatic nitrogens is 1. The van der Waals surface area contributed by atoms with Crippen LogP contribution in [0, 0.1) is 0 Å². The number of alkyl halides is 1. The van der Waals surface area contributed by atoms with Crippen molar-refractivity contribution in [2.24, 2.45) is 5.14 Å². The number of thiazole rings is 1. The van der Waals surface area contributed by atoms with Crippen LogP contribution in [-0.2, 0) is 6.54 Å². The molecule has 1 fully saturated rings. The van der Waals surface area contributed by atoms with Crippen molar-refractivity contribution in [1.29, 1.82) is 0 Å². The molecule has 0 radical (unpaired) electrons. The second-order valence-electron chi connectivity index (χ2n) is 8.25. The van der Waals surface area contributed by atoms with Crippen molar-refractivity contribution in [3.63, 3.8) is 0 Å². The van der Waals surface area contributed by atoms with E-state index in [9.17, 15) is 4.39 Å². The molecule has 0 amide bonds. The van der Waals surface area contributed by atoms with E-state index in [1.54, 1.807) is 11.3 Å². The van der Waals surface area contributed by atoms with Gasteiger partial charge in [-0.25, -0.2) is 9.37 Å². The molecule has 2 aromatic carbocycles. The summed E-state index contributed by atoms with van der Waals surface area (Å²) in [6.07, 6.45) is 0.721. The first-order valence-electron chi connectivity index (χ1n) is 10.9. The zero-order valence-electron chi connectivity index (χ0n) is 18.4. The average Bonchev–Trinajstić information content (AvgIpc) is 3.25. The Kier molecular flexibility index (Phi) is 7.67. The minimum Gasteiger partial charge on any atom is -0.489 e. The Bertz CT molecular complexity index is 1020. The molecule has 0 unspecified atom stereocenters. The van der Waals surface area contributed by atoms with Crippen LogP contribution in [0.25, 0.3) is 11.3 Å². The molecule has 170 valence electrons. The van der Waals surface area contributed by atoms with Crippen molar-refractivity contribution >= 4 is 34.1 Å². The minimum atomic E-state index is -0.634. The van der Waals surface area contributed by atoms with E-state index in [1.165, 1.54) is 17.5 Å². The number of hydrogen-bond acceptors (Lipinski definition) is 7. The highest BCUT2D eigenvalue weighted by atomic mass is 32.2. The summed E-state index contributed by atoms with van der Waals surface area (Å²) in [6.45, 7) is 6.53. The van der Waals surface area contributed by atoms with Crippen LogP contribution in [0.2, 0.25) is 0 Å². The number of nitrogens with one attached hydrogen (secondary N) is 1. The van der Waals surface area contributed by atoms with E-state index >= 15 is 0 Å².